The fourth-order valence-electron chi connectivity index (χ4n) is 4.23. The van der Waals surface area contributed by atoms with Gasteiger partial charge in [-0.2, -0.15) is 0 Å². The highest BCUT2D eigenvalue weighted by Gasteiger charge is 2.39. The standard InChI is InChI=1S/C16H21BrN2O/c17-12-5-10-3-4-20-16(10)11(6-12)9-19-14-1-2-15(19)8-13(18)7-14/h5-6,13-15H,1-4,7-9,18H2. The molecule has 2 saturated heterocycles. The molecule has 4 heteroatoms. The summed E-state index contributed by atoms with van der Waals surface area (Å²) in [5.74, 6) is 1.14. The van der Waals surface area contributed by atoms with Crippen molar-refractivity contribution >= 4 is 15.9 Å². The summed E-state index contributed by atoms with van der Waals surface area (Å²) in [7, 11) is 0. The van der Waals surface area contributed by atoms with Crippen LogP contribution in [0, 0.1) is 0 Å². The Balaban J connectivity index is 1.61. The summed E-state index contributed by atoms with van der Waals surface area (Å²) in [5, 5.41) is 0. The molecule has 0 aromatic heterocycles. The molecule has 3 heterocycles. The van der Waals surface area contributed by atoms with Crippen LogP contribution in [-0.4, -0.2) is 29.6 Å². The second kappa shape index (κ2) is 5.00. The smallest absolute Gasteiger partial charge is 0.127 e. The lowest BCUT2D eigenvalue weighted by molar-refractivity contribution is 0.118. The molecule has 2 fully saturated rings. The van der Waals surface area contributed by atoms with Gasteiger partial charge in [0.2, 0.25) is 0 Å². The Morgan fingerprint density at radius 1 is 1.25 bits per heavy atom. The lowest BCUT2D eigenvalue weighted by Gasteiger charge is -2.38. The number of piperidine rings is 1. The van der Waals surface area contributed by atoms with Crippen molar-refractivity contribution in [2.45, 2.75) is 56.8 Å². The van der Waals surface area contributed by atoms with Crippen molar-refractivity contribution in [1.82, 2.24) is 4.90 Å². The van der Waals surface area contributed by atoms with Crippen molar-refractivity contribution in [3.8, 4) is 5.75 Å². The number of hydrogen-bond donors (Lipinski definition) is 1. The molecule has 108 valence electrons. The van der Waals surface area contributed by atoms with Crippen molar-refractivity contribution in [3.05, 3.63) is 27.7 Å². The van der Waals surface area contributed by atoms with Gasteiger partial charge in [0.25, 0.3) is 0 Å². The fourth-order valence-corrected chi connectivity index (χ4v) is 4.79. The van der Waals surface area contributed by atoms with Crippen LogP contribution < -0.4 is 10.5 Å². The van der Waals surface area contributed by atoms with Gasteiger partial charge >= 0.3 is 0 Å². The Kier molecular flexibility index (Phi) is 3.28. The van der Waals surface area contributed by atoms with Crippen molar-refractivity contribution in [3.63, 3.8) is 0 Å². The van der Waals surface area contributed by atoms with E-state index in [9.17, 15) is 0 Å². The van der Waals surface area contributed by atoms with E-state index in [-0.39, 0.29) is 0 Å². The number of fused-ring (bicyclic) bond motifs is 3. The van der Waals surface area contributed by atoms with Crippen molar-refractivity contribution in [2.24, 2.45) is 5.73 Å². The Bertz CT molecular complexity index is 519. The fraction of sp³-hybridized carbons (Fsp3) is 0.625. The molecule has 0 amide bonds. The minimum absolute atomic E-state index is 0.410. The number of nitrogens with two attached hydrogens (primary N) is 1. The van der Waals surface area contributed by atoms with Crippen LogP contribution in [0.4, 0.5) is 0 Å². The number of halogens is 1. The monoisotopic (exact) mass is 336 g/mol. The zero-order chi connectivity index (χ0) is 13.7. The Labute approximate surface area is 128 Å². The van der Waals surface area contributed by atoms with E-state index in [2.05, 4.69) is 33.0 Å². The van der Waals surface area contributed by atoms with Gasteiger partial charge in [-0.15, -0.1) is 0 Å². The van der Waals surface area contributed by atoms with Gasteiger partial charge in [0.1, 0.15) is 5.75 Å². The van der Waals surface area contributed by atoms with E-state index in [4.69, 9.17) is 10.5 Å². The lowest BCUT2D eigenvalue weighted by Crippen LogP contribution is -2.46. The predicted octanol–water partition coefficient (Wildman–Crippen LogP) is 2.84. The van der Waals surface area contributed by atoms with Crippen LogP contribution in [0.15, 0.2) is 16.6 Å². The highest BCUT2D eigenvalue weighted by atomic mass is 79.9. The quantitative estimate of drug-likeness (QED) is 0.902. The van der Waals surface area contributed by atoms with Gasteiger partial charge < -0.3 is 10.5 Å². The minimum Gasteiger partial charge on any atom is -0.493 e. The molecule has 4 rings (SSSR count). The van der Waals surface area contributed by atoms with Crippen LogP contribution in [0.5, 0.6) is 5.75 Å². The molecule has 0 radical (unpaired) electrons. The Morgan fingerprint density at radius 3 is 2.75 bits per heavy atom. The first-order valence-electron chi connectivity index (χ1n) is 7.66. The van der Waals surface area contributed by atoms with Gasteiger partial charge in [0.05, 0.1) is 6.61 Å². The summed E-state index contributed by atoms with van der Waals surface area (Å²) in [4.78, 5) is 2.67. The Morgan fingerprint density at radius 2 is 2.00 bits per heavy atom. The van der Waals surface area contributed by atoms with E-state index in [1.807, 2.05) is 0 Å². The predicted molar refractivity (Wildman–Crippen MR) is 82.9 cm³/mol. The highest BCUT2D eigenvalue weighted by Crippen LogP contribution is 2.39. The average Bonchev–Trinajstić information content (AvgIpc) is 2.94. The van der Waals surface area contributed by atoms with Crippen LogP contribution in [0.2, 0.25) is 0 Å². The summed E-state index contributed by atoms with van der Waals surface area (Å²) in [6, 6.07) is 6.21. The van der Waals surface area contributed by atoms with E-state index in [1.54, 1.807) is 0 Å². The number of rotatable bonds is 2. The van der Waals surface area contributed by atoms with E-state index < -0.39 is 0 Å². The first-order chi connectivity index (χ1) is 9.70. The maximum Gasteiger partial charge on any atom is 0.127 e. The molecule has 3 nitrogen and oxygen atoms in total. The molecular weight excluding hydrogens is 316 g/mol. The third kappa shape index (κ3) is 2.18. The van der Waals surface area contributed by atoms with Gasteiger partial charge in [-0.1, -0.05) is 15.9 Å². The molecule has 2 N–H and O–H groups in total. The molecule has 2 atom stereocenters. The zero-order valence-corrected chi connectivity index (χ0v) is 13.2. The summed E-state index contributed by atoms with van der Waals surface area (Å²) in [6.07, 6.45) is 5.99. The van der Waals surface area contributed by atoms with Crippen LogP contribution in [0.3, 0.4) is 0 Å². The van der Waals surface area contributed by atoms with Crippen molar-refractivity contribution < 1.29 is 4.74 Å². The van der Waals surface area contributed by atoms with Crippen molar-refractivity contribution in [1.29, 1.82) is 0 Å². The summed E-state index contributed by atoms with van der Waals surface area (Å²) >= 11 is 3.64. The van der Waals surface area contributed by atoms with E-state index in [1.165, 1.54) is 28.4 Å². The molecule has 1 aromatic carbocycles. The second-order valence-corrected chi connectivity index (χ2v) is 7.36. The number of ether oxygens (including phenoxy) is 1. The summed E-state index contributed by atoms with van der Waals surface area (Å²) < 4.78 is 7.04. The maximum absolute atomic E-state index is 6.17. The molecule has 20 heavy (non-hydrogen) atoms. The SMILES string of the molecule is NC1CC2CCC(C1)N2Cc1cc(Br)cc2c1OCC2. The summed E-state index contributed by atoms with van der Waals surface area (Å²) in [6.45, 7) is 1.85. The average molecular weight is 337 g/mol. The Hall–Kier alpha value is -0.580. The van der Waals surface area contributed by atoms with Gasteiger partial charge in [-0.3, -0.25) is 4.90 Å². The van der Waals surface area contributed by atoms with Crippen LogP contribution in [0.25, 0.3) is 0 Å². The van der Waals surface area contributed by atoms with E-state index in [0.29, 0.717) is 18.1 Å². The van der Waals surface area contributed by atoms with E-state index in [0.717, 1.165) is 38.2 Å². The zero-order valence-electron chi connectivity index (χ0n) is 11.6. The maximum atomic E-state index is 6.17. The van der Waals surface area contributed by atoms with Gasteiger partial charge in [0.15, 0.2) is 0 Å². The number of benzene rings is 1. The molecule has 1 aromatic rings. The molecule has 3 aliphatic rings. The van der Waals surface area contributed by atoms with Crippen LogP contribution in [-0.2, 0) is 13.0 Å². The van der Waals surface area contributed by atoms with Crippen LogP contribution in [0.1, 0.15) is 36.8 Å². The largest absolute Gasteiger partial charge is 0.493 e. The minimum atomic E-state index is 0.410. The van der Waals surface area contributed by atoms with Crippen LogP contribution >= 0.6 is 15.9 Å². The second-order valence-electron chi connectivity index (χ2n) is 6.44. The topological polar surface area (TPSA) is 38.5 Å². The summed E-state index contributed by atoms with van der Waals surface area (Å²) in [5.41, 5.74) is 8.87. The molecule has 3 aliphatic heterocycles. The lowest BCUT2D eigenvalue weighted by atomic mass is 9.97. The van der Waals surface area contributed by atoms with Gasteiger partial charge in [0, 0.05) is 41.1 Å². The first kappa shape index (κ1) is 13.1. The normalized spacial score (nSPS) is 32.2. The molecule has 0 saturated carbocycles. The first-order valence-corrected chi connectivity index (χ1v) is 8.45. The number of nitrogens with zero attached hydrogens (tertiary/aromatic N) is 1. The van der Waals surface area contributed by atoms with Gasteiger partial charge in [-0.25, -0.2) is 0 Å². The highest BCUT2D eigenvalue weighted by molar-refractivity contribution is 9.10. The third-order valence-electron chi connectivity index (χ3n) is 5.10. The molecule has 2 bridgehead atoms. The van der Waals surface area contributed by atoms with E-state index >= 15 is 0 Å². The van der Waals surface area contributed by atoms with Crippen molar-refractivity contribution in [2.75, 3.05) is 6.61 Å². The molecule has 0 spiro atoms. The molecule has 2 unspecified atom stereocenters. The van der Waals surface area contributed by atoms with Gasteiger partial charge in [-0.05, 0) is 43.4 Å². The number of hydrogen-bond acceptors (Lipinski definition) is 3. The molecule has 0 aliphatic carbocycles. The third-order valence-corrected chi connectivity index (χ3v) is 5.56. The molecular formula is C16H21BrN2O.